The molecule has 0 saturated carbocycles. The Bertz CT molecular complexity index is 962. The maximum absolute atomic E-state index is 14.0. The molecule has 0 aromatic carbocycles. The van der Waals surface area contributed by atoms with Crippen LogP contribution in [0.3, 0.4) is 0 Å². The summed E-state index contributed by atoms with van der Waals surface area (Å²) in [5.74, 6) is -1.14. The van der Waals surface area contributed by atoms with Crippen LogP contribution in [0.1, 0.15) is 74.1 Å². The van der Waals surface area contributed by atoms with Crippen LogP contribution in [0.25, 0.3) is 0 Å². The van der Waals surface area contributed by atoms with E-state index in [4.69, 9.17) is 9.47 Å². The Morgan fingerprint density at radius 3 is 2.00 bits per heavy atom. The van der Waals surface area contributed by atoms with E-state index in [-0.39, 0.29) is 53.8 Å². The topological polar surface area (TPSA) is 133 Å². The van der Waals surface area contributed by atoms with Crippen molar-refractivity contribution in [2.75, 3.05) is 62.0 Å². The first-order valence-corrected chi connectivity index (χ1v) is 17.1. The molecule has 46 heavy (non-hydrogen) atoms. The molecule has 0 aliphatic carbocycles. The van der Waals surface area contributed by atoms with Crippen LogP contribution in [0.4, 0.5) is 0 Å². The molecular formula is C34H66N6O6. The average molecular weight is 655 g/mol. The van der Waals surface area contributed by atoms with Gasteiger partial charge in [-0.05, 0) is 51.7 Å². The van der Waals surface area contributed by atoms with Crippen molar-refractivity contribution in [3.05, 3.63) is 0 Å². The maximum Gasteiger partial charge on any atom is 0.245 e. The zero-order chi connectivity index (χ0) is 35.3. The third-order valence-electron chi connectivity index (χ3n) is 9.61. The minimum Gasteiger partial charge on any atom is -0.379 e. The van der Waals surface area contributed by atoms with Gasteiger partial charge in [0.05, 0.1) is 42.7 Å². The summed E-state index contributed by atoms with van der Waals surface area (Å²) in [4.78, 5) is 59.6. The lowest BCUT2D eigenvalue weighted by Crippen LogP contribution is -2.59. The quantitative estimate of drug-likeness (QED) is 0.182. The van der Waals surface area contributed by atoms with E-state index in [1.165, 1.54) is 0 Å². The molecule has 268 valence electrons. The van der Waals surface area contributed by atoms with Crippen molar-refractivity contribution in [3.63, 3.8) is 0 Å². The molecule has 0 aromatic heterocycles. The van der Waals surface area contributed by atoms with Gasteiger partial charge in [0.1, 0.15) is 6.04 Å². The molecule has 12 heteroatoms. The molecule has 1 heterocycles. The molecule has 1 rings (SSSR count). The number of hydrogen-bond acceptors (Lipinski definition) is 8. The van der Waals surface area contributed by atoms with Crippen molar-refractivity contribution >= 4 is 23.6 Å². The Labute approximate surface area is 279 Å². The Morgan fingerprint density at radius 2 is 1.52 bits per heavy atom. The van der Waals surface area contributed by atoms with E-state index in [0.717, 1.165) is 25.8 Å². The van der Waals surface area contributed by atoms with Gasteiger partial charge in [0.25, 0.3) is 0 Å². The van der Waals surface area contributed by atoms with Crippen molar-refractivity contribution in [3.8, 4) is 0 Å². The summed E-state index contributed by atoms with van der Waals surface area (Å²) in [7, 11) is 10.6. The number of carbonyl (C=O) groups is 4. The number of ether oxygens (including phenoxy) is 2. The van der Waals surface area contributed by atoms with Gasteiger partial charge in [0.15, 0.2) is 0 Å². The minimum absolute atomic E-state index is 0.0166. The lowest BCUT2D eigenvalue weighted by Gasteiger charge is -2.41. The third kappa shape index (κ3) is 11.5. The normalized spacial score (nSPS) is 19.8. The molecular weight excluding hydrogens is 588 g/mol. The second-order valence-electron chi connectivity index (χ2n) is 13.9. The van der Waals surface area contributed by atoms with E-state index in [0.29, 0.717) is 13.1 Å². The number of likely N-dealkylation sites (tertiary alicyclic amines) is 1. The smallest absolute Gasteiger partial charge is 0.245 e. The SMILES string of the molecule is CC[C@H](C)[C@@H]([C@H](CC(=O)N1CCC[C@H]1[C@H](OC)[C@@H](C)C(=O)NCCN(C)C)OC)N(C)C(=O)[C@@H](NC(=O)[C@@H](NC)C(C)C)C(C)C. The molecule has 4 amide bonds. The molecule has 1 saturated heterocycles. The molecule has 3 N–H and O–H groups in total. The summed E-state index contributed by atoms with van der Waals surface area (Å²) < 4.78 is 11.8. The minimum atomic E-state index is -0.734. The number of likely N-dealkylation sites (N-methyl/N-ethyl adjacent to an activating group) is 3. The predicted octanol–water partition coefficient (Wildman–Crippen LogP) is 1.97. The Morgan fingerprint density at radius 1 is 0.913 bits per heavy atom. The van der Waals surface area contributed by atoms with Gasteiger partial charge in [-0.1, -0.05) is 54.9 Å². The highest BCUT2D eigenvalue weighted by molar-refractivity contribution is 5.90. The number of amides is 4. The number of methoxy groups -OCH3 is 2. The summed E-state index contributed by atoms with van der Waals surface area (Å²) in [5, 5.41) is 9.02. The summed E-state index contributed by atoms with van der Waals surface area (Å²) in [6.45, 7) is 15.5. The highest BCUT2D eigenvalue weighted by atomic mass is 16.5. The number of nitrogens with one attached hydrogen (secondary N) is 3. The van der Waals surface area contributed by atoms with E-state index < -0.39 is 36.3 Å². The van der Waals surface area contributed by atoms with Gasteiger partial charge in [-0.3, -0.25) is 19.2 Å². The second kappa shape index (κ2) is 20.2. The molecule has 0 spiro atoms. The Hall–Kier alpha value is -2.28. The van der Waals surface area contributed by atoms with Crippen LogP contribution in [0.15, 0.2) is 0 Å². The van der Waals surface area contributed by atoms with Crippen LogP contribution in [0, 0.1) is 23.7 Å². The molecule has 0 bridgehead atoms. The van der Waals surface area contributed by atoms with Gasteiger partial charge in [-0.25, -0.2) is 0 Å². The van der Waals surface area contributed by atoms with Crippen LogP contribution in [0.2, 0.25) is 0 Å². The molecule has 0 unspecified atom stereocenters. The van der Waals surface area contributed by atoms with Gasteiger partial charge in [0, 0.05) is 40.9 Å². The molecule has 0 aromatic rings. The largest absolute Gasteiger partial charge is 0.379 e. The van der Waals surface area contributed by atoms with Crippen molar-refractivity contribution in [2.45, 2.75) is 111 Å². The van der Waals surface area contributed by atoms with E-state index in [2.05, 4.69) is 29.8 Å². The monoisotopic (exact) mass is 655 g/mol. The van der Waals surface area contributed by atoms with Crippen molar-refractivity contribution in [1.82, 2.24) is 30.7 Å². The lowest BCUT2D eigenvalue weighted by molar-refractivity contribution is -0.147. The van der Waals surface area contributed by atoms with E-state index in [9.17, 15) is 19.2 Å². The van der Waals surface area contributed by atoms with Crippen LogP contribution >= 0.6 is 0 Å². The zero-order valence-corrected chi connectivity index (χ0v) is 31.0. The van der Waals surface area contributed by atoms with Crippen LogP contribution < -0.4 is 16.0 Å². The van der Waals surface area contributed by atoms with E-state index in [1.807, 2.05) is 58.5 Å². The predicted molar refractivity (Wildman–Crippen MR) is 182 cm³/mol. The maximum atomic E-state index is 14.0. The lowest BCUT2D eigenvalue weighted by atomic mass is 9.89. The van der Waals surface area contributed by atoms with Crippen LogP contribution in [-0.4, -0.2) is 137 Å². The van der Waals surface area contributed by atoms with E-state index >= 15 is 0 Å². The standard InChI is InChI=1S/C34H66N6O6/c1-14-23(6)30(39(11)34(44)29(22(4)5)37-33(43)28(35-8)21(2)3)26(45-12)20-27(41)40-18-15-16-25(40)31(46-13)24(7)32(42)36-17-19-38(9)10/h21-26,28-31,35H,14-20H2,1-13H3,(H,36,42)(H,37,43)/t23-,24+,25-,26-,28-,29-,30-,31+/m0/s1. The fraction of sp³-hybridized carbons (Fsp3) is 0.882. The Kier molecular flexibility index (Phi) is 18.3. The summed E-state index contributed by atoms with van der Waals surface area (Å²) in [6.07, 6.45) is 1.37. The fourth-order valence-corrected chi connectivity index (χ4v) is 6.61. The van der Waals surface area contributed by atoms with Gasteiger partial charge < -0.3 is 40.1 Å². The van der Waals surface area contributed by atoms with Gasteiger partial charge in [-0.2, -0.15) is 0 Å². The van der Waals surface area contributed by atoms with Gasteiger partial charge >= 0.3 is 0 Å². The molecule has 12 nitrogen and oxygen atoms in total. The van der Waals surface area contributed by atoms with Crippen LogP contribution in [0.5, 0.6) is 0 Å². The summed E-state index contributed by atoms with van der Waals surface area (Å²) >= 11 is 0. The molecule has 1 fully saturated rings. The molecule has 8 atom stereocenters. The number of carbonyl (C=O) groups excluding carboxylic acids is 4. The third-order valence-corrected chi connectivity index (χ3v) is 9.61. The number of hydrogen-bond donors (Lipinski definition) is 3. The first kappa shape index (κ1) is 41.7. The summed E-state index contributed by atoms with van der Waals surface area (Å²) in [6, 6.07) is -1.81. The van der Waals surface area contributed by atoms with Crippen LogP contribution in [-0.2, 0) is 28.7 Å². The molecule has 1 aliphatic rings. The Balaban J connectivity index is 3.20. The first-order valence-electron chi connectivity index (χ1n) is 17.1. The van der Waals surface area contributed by atoms with Gasteiger partial charge in [0.2, 0.25) is 23.6 Å². The fourth-order valence-electron chi connectivity index (χ4n) is 6.61. The zero-order valence-electron chi connectivity index (χ0n) is 31.0. The molecule has 1 aliphatic heterocycles. The number of nitrogens with zero attached hydrogens (tertiary/aromatic N) is 3. The number of rotatable bonds is 20. The van der Waals surface area contributed by atoms with Crippen molar-refractivity contribution in [2.24, 2.45) is 23.7 Å². The average Bonchev–Trinajstić information content (AvgIpc) is 3.48. The first-order chi connectivity index (χ1) is 21.6. The highest BCUT2D eigenvalue weighted by Gasteiger charge is 2.43. The molecule has 0 radical (unpaired) electrons. The van der Waals surface area contributed by atoms with Crippen molar-refractivity contribution < 1.29 is 28.7 Å². The summed E-state index contributed by atoms with van der Waals surface area (Å²) in [5.41, 5.74) is 0. The second-order valence-corrected chi connectivity index (χ2v) is 13.9. The van der Waals surface area contributed by atoms with Crippen molar-refractivity contribution in [1.29, 1.82) is 0 Å². The van der Waals surface area contributed by atoms with Gasteiger partial charge in [-0.15, -0.1) is 0 Å². The highest BCUT2D eigenvalue weighted by Crippen LogP contribution is 2.29. The van der Waals surface area contributed by atoms with E-state index in [1.54, 1.807) is 33.2 Å².